The molecule has 0 bridgehead atoms. The number of likely N-dealkylation sites (tertiary alicyclic amines) is 1. The number of benzene rings is 1. The van der Waals surface area contributed by atoms with Crippen LogP contribution < -0.4 is 10.6 Å². The molecule has 25 heavy (non-hydrogen) atoms. The molecule has 0 aliphatic carbocycles. The fourth-order valence-corrected chi connectivity index (χ4v) is 3.48. The van der Waals surface area contributed by atoms with Crippen molar-refractivity contribution in [1.82, 2.24) is 15.5 Å². The first-order valence-electron chi connectivity index (χ1n) is 8.54. The van der Waals surface area contributed by atoms with Gasteiger partial charge >= 0.3 is 0 Å². The van der Waals surface area contributed by atoms with Crippen molar-refractivity contribution in [3.63, 3.8) is 0 Å². The number of halogens is 1. The van der Waals surface area contributed by atoms with E-state index in [0.717, 1.165) is 37.8 Å². The van der Waals surface area contributed by atoms with Crippen LogP contribution in [0.4, 0.5) is 0 Å². The van der Waals surface area contributed by atoms with Crippen LogP contribution in [0.15, 0.2) is 40.2 Å². The molecule has 1 saturated heterocycles. The summed E-state index contributed by atoms with van der Waals surface area (Å²) in [7, 11) is 1.78. The molecule has 1 aromatic rings. The van der Waals surface area contributed by atoms with Gasteiger partial charge in [0, 0.05) is 49.3 Å². The first kappa shape index (κ1) is 22.1. The van der Waals surface area contributed by atoms with Crippen molar-refractivity contribution >= 4 is 47.6 Å². The Bertz CT molecular complexity index is 553. The molecule has 0 aromatic heterocycles. The van der Waals surface area contributed by atoms with E-state index in [1.54, 1.807) is 7.05 Å². The maximum Gasteiger partial charge on any atom is 0.225 e. The predicted octanol–water partition coefficient (Wildman–Crippen LogP) is 2.82. The van der Waals surface area contributed by atoms with Gasteiger partial charge < -0.3 is 15.5 Å². The van der Waals surface area contributed by atoms with E-state index in [1.165, 1.54) is 4.90 Å². The zero-order chi connectivity index (χ0) is 17.4. The van der Waals surface area contributed by atoms with Gasteiger partial charge in [0.1, 0.15) is 0 Å². The average molecular weight is 476 g/mol. The highest BCUT2D eigenvalue weighted by Crippen LogP contribution is 2.16. The van der Waals surface area contributed by atoms with Gasteiger partial charge in [0.25, 0.3) is 0 Å². The standard InChI is InChI=1S/C18H28N4OS.HI/c1-14(2)17(23)22-11-9-15(13-22)21-18(19-3)20-10-12-24-16-7-5-4-6-8-16;/h4-8,14-15H,9-13H2,1-3H3,(H2,19,20,21);1H. The molecule has 1 aliphatic heterocycles. The van der Waals surface area contributed by atoms with Crippen molar-refractivity contribution in [3.05, 3.63) is 30.3 Å². The van der Waals surface area contributed by atoms with Crippen LogP contribution in [0.1, 0.15) is 20.3 Å². The Kier molecular flexibility index (Phi) is 10.3. The number of hydrogen-bond donors (Lipinski definition) is 2. The lowest BCUT2D eigenvalue weighted by molar-refractivity contribution is -0.133. The summed E-state index contributed by atoms with van der Waals surface area (Å²) >= 11 is 1.82. The summed E-state index contributed by atoms with van der Waals surface area (Å²) in [6, 6.07) is 10.7. The fourth-order valence-electron chi connectivity index (χ4n) is 2.69. The lowest BCUT2D eigenvalue weighted by Crippen LogP contribution is -2.45. The second kappa shape index (κ2) is 11.6. The third-order valence-corrected chi connectivity index (χ3v) is 4.98. The minimum Gasteiger partial charge on any atom is -0.356 e. The highest BCUT2D eigenvalue weighted by molar-refractivity contribution is 14.0. The molecule has 0 spiro atoms. The fraction of sp³-hybridized carbons (Fsp3) is 0.556. The van der Waals surface area contributed by atoms with Crippen molar-refractivity contribution in [2.75, 3.05) is 32.4 Å². The molecule has 5 nitrogen and oxygen atoms in total. The Morgan fingerprint density at radius 1 is 1.36 bits per heavy atom. The van der Waals surface area contributed by atoms with Crippen LogP contribution in [0.5, 0.6) is 0 Å². The highest BCUT2D eigenvalue weighted by atomic mass is 127. The van der Waals surface area contributed by atoms with Gasteiger partial charge in [-0.25, -0.2) is 0 Å². The summed E-state index contributed by atoms with van der Waals surface area (Å²) in [6.07, 6.45) is 0.970. The number of aliphatic imine (C=N–C) groups is 1. The Morgan fingerprint density at radius 2 is 2.08 bits per heavy atom. The SMILES string of the molecule is CN=C(NCCSc1ccccc1)NC1CCN(C(=O)C(C)C)C1.I. The number of nitrogens with zero attached hydrogens (tertiary/aromatic N) is 2. The molecule has 0 radical (unpaired) electrons. The monoisotopic (exact) mass is 476 g/mol. The van der Waals surface area contributed by atoms with Crippen molar-refractivity contribution < 1.29 is 4.79 Å². The molecule has 2 rings (SSSR count). The largest absolute Gasteiger partial charge is 0.356 e. The number of amides is 1. The lowest BCUT2D eigenvalue weighted by atomic mass is 10.2. The number of hydrogen-bond acceptors (Lipinski definition) is 3. The van der Waals surface area contributed by atoms with E-state index in [4.69, 9.17) is 0 Å². The number of thioether (sulfide) groups is 1. The Labute approximate surface area is 172 Å². The van der Waals surface area contributed by atoms with Gasteiger partial charge in [-0.3, -0.25) is 9.79 Å². The van der Waals surface area contributed by atoms with Gasteiger partial charge in [0.05, 0.1) is 0 Å². The molecule has 1 unspecified atom stereocenters. The van der Waals surface area contributed by atoms with Gasteiger partial charge in [0.2, 0.25) is 5.91 Å². The zero-order valence-electron chi connectivity index (χ0n) is 15.2. The molecule has 1 heterocycles. The van der Waals surface area contributed by atoms with E-state index in [0.29, 0.717) is 0 Å². The van der Waals surface area contributed by atoms with Crippen molar-refractivity contribution in [2.24, 2.45) is 10.9 Å². The lowest BCUT2D eigenvalue weighted by Gasteiger charge is -2.20. The van der Waals surface area contributed by atoms with Crippen LogP contribution in [0.2, 0.25) is 0 Å². The van der Waals surface area contributed by atoms with E-state index in [-0.39, 0.29) is 41.8 Å². The number of rotatable bonds is 6. The van der Waals surface area contributed by atoms with Crippen molar-refractivity contribution in [2.45, 2.75) is 31.2 Å². The van der Waals surface area contributed by atoms with E-state index in [2.05, 4.69) is 39.9 Å². The van der Waals surface area contributed by atoms with Gasteiger partial charge in [-0.1, -0.05) is 32.0 Å². The van der Waals surface area contributed by atoms with Gasteiger partial charge in [0.15, 0.2) is 5.96 Å². The predicted molar refractivity (Wildman–Crippen MR) is 117 cm³/mol. The topological polar surface area (TPSA) is 56.7 Å². The van der Waals surface area contributed by atoms with E-state index >= 15 is 0 Å². The first-order valence-corrected chi connectivity index (χ1v) is 9.52. The number of carbonyl (C=O) groups is 1. The Morgan fingerprint density at radius 3 is 2.72 bits per heavy atom. The molecule has 1 aliphatic rings. The summed E-state index contributed by atoms with van der Waals surface area (Å²) in [5.74, 6) is 2.10. The summed E-state index contributed by atoms with van der Waals surface area (Å²) in [5.41, 5.74) is 0. The second-order valence-corrected chi connectivity index (χ2v) is 7.40. The quantitative estimate of drug-likeness (QED) is 0.218. The van der Waals surface area contributed by atoms with E-state index in [9.17, 15) is 4.79 Å². The van der Waals surface area contributed by atoms with Gasteiger partial charge in [-0.2, -0.15) is 0 Å². The summed E-state index contributed by atoms with van der Waals surface area (Å²) < 4.78 is 0. The maximum atomic E-state index is 12.0. The molecule has 0 saturated carbocycles. The number of carbonyl (C=O) groups excluding carboxylic acids is 1. The smallest absolute Gasteiger partial charge is 0.225 e. The summed E-state index contributed by atoms with van der Waals surface area (Å²) in [4.78, 5) is 19.5. The zero-order valence-corrected chi connectivity index (χ0v) is 18.3. The molecule has 1 atom stereocenters. The Hall–Kier alpha value is -0.960. The molecule has 1 amide bonds. The molecular weight excluding hydrogens is 447 g/mol. The van der Waals surface area contributed by atoms with E-state index in [1.807, 2.05) is 36.6 Å². The second-order valence-electron chi connectivity index (χ2n) is 6.23. The highest BCUT2D eigenvalue weighted by Gasteiger charge is 2.27. The molecular formula is C18H29IN4OS. The summed E-state index contributed by atoms with van der Waals surface area (Å²) in [5, 5.41) is 6.77. The molecule has 1 fully saturated rings. The molecule has 7 heteroatoms. The van der Waals surface area contributed by atoms with Crippen LogP contribution >= 0.6 is 35.7 Å². The Balaban J connectivity index is 0.00000312. The third kappa shape index (κ3) is 7.43. The minimum atomic E-state index is 0. The normalized spacial score (nSPS) is 17.4. The number of nitrogens with one attached hydrogen (secondary N) is 2. The first-order chi connectivity index (χ1) is 11.6. The van der Waals surface area contributed by atoms with Gasteiger partial charge in [-0.05, 0) is 18.6 Å². The van der Waals surface area contributed by atoms with Crippen LogP contribution in [0, 0.1) is 5.92 Å². The van der Waals surface area contributed by atoms with Crippen molar-refractivity contribution in [1.29, 1.82) is 0 Å². The van der Waals surface area contributed by atoms with Crippen LogP contribution in [0.3, 0.4) is 0 Å². The number of guanidine groups is 1. The van der Waals surface area contributed by atoms with E-state index < -0.39 is 0 Å². The third-order valence-electron chi connectivity index (χ3n) is 3.96. The summed E-state index contributed by atoms with van der Waals surface area (Å²) in [6.45, 7) is 6.34. The van der Waals surface area contributed by atoms with Crippen molar-refractivity contribution in [3.8, 4) is 0 Å². The van der Waals surface area contributed by atoms with Crippen LogP contribution in [-0.4, -0.2) is 55.2 Å². The van der Waals surface area contributed by atoms with Gasteiger partial charge in [-0.15, -0.1) is 35.7 Å². The minimum absolute atomic E-state index is 0. The molecule has 2 N–H and O–H groups in total. The maximum absolute atomic E-state index is 12.0. The average Bonchev–Trinajstić information content (AvgIpc) is 3.06. The van der Waals surface area contributed by atoms with Crippen LogP contribution in [-0.2, 0) is 4.79 Å². The van der Waals surface area contributed by atoms with Crippen LogP contribution in [0.25, 0.3) is 0 Å². The molecule has 1 aromatic carbocycles. The molecule has 140 valence electrons.